The number of benzene rings is 2. The molecule has 0 unspecified atom stereocenters. The van der Waals surface area contributed by atoms with Gasteiger partial charge >= 0.3 is 0 Å². The van der Waals surface area contributed by atoms with E-state index in [1.165, 1.54) is 0 Å². The summed E-state index contributed by atoms with van der Waals surface area (Å²) in [6.07, 6.45) is -5.06. The van der Waals surface area contributed by atoms with Gasteiger partial charge in [-0.25, -0.2) is 0 Å². The standard InChI is InChI=1S/C20H24O6/c21-11-16-18(24-12-14-7-3-1-4-8-14)19(17(22)20(23)26-16)25-13-15-9-5-2-6-10-15/h1-10,16-23H,11-13H2/t16-,17-,18-,19-,20-/m1/s1. The Morgan fingerprint density at radius 1 is 0.769 bits per heavy atom. The summed E-state index contributed by atoms with van der Waals surface area (Å²) in [6.45, 7) is 0.173. The Kier molecular flexibility index (Phi) is 6.73. The zero-order chi connectivity index (χ0) is 18.4. The van der Waals surface area contributed by atoms with E-state index >= 15 is 0 Å². The quantitative estimate of drug-likeness (QED) is 0.688. The second-order valence-electron chi connectivity index (χ2n) is 6.26. The molecule has 140 valence electrons. The summed E-state index contributed by atoms with van der Waals surface area (Å²) in [5.41, 5.74) is 1.88. The van der Waals surface area contributed by atoms with E-state index in [4.69, 9.17) is 14.2 Å². The molecule has 0 aromatic heterocycles. The molecule has 26 heavy (non-hydrogen) atoms. The van der Waals surface area contributed by atoms with Crippen LogP contribution in [0.25, 0.3) is 0 Å². The van der Waals surface area contributed by atoms with E-state index in [0.717, 1.165) is 11.1 Å². The molecule has 0 saturated carbocycles. The molecule has 0 bridgehead atoms. The van der Waals surface area contributed by atoms with E-state index in [0.29, 0.717) is 0 Å². The Hall–Kier alpha value is -1.80. The molecule has 1 aliphatic heterocycles. The molecule has 2 aromatic carbocycles. The third kappa shape index (κ3) is 4.67. The van der Waals surface area contributed by atoms with E-state index < -0.39 is 30.7 Å². The number of ether oxygens (including phenoxy) is 3. The molecule has 1 fully saturated rings. The fourth-order valence-electron chi connectivity index (χ4n) is 2.98. The Labute approximate surface area is 152 Å². The molecule has 1 heterocycles. The highest BCUT2D eigenvalue weighted by atomic mass is 16.7. The zero-order valence-corrected chi connectivity index (χ0v) is 14.3. The summed E-state index contributed by atoms with van der Waals surface area (Å²) < 4.78 is 17.1. The van der Waals surface area contributed by atoms with E-state index in [1.807, 2.05) is 60.7 Å². The van der Waals surface area contributed by atoms with Gasteiger partial charge in [0.05, 0.1) is 19.8 Å². The molecule has 0 spiro atoms. The van der Waals surface area contributed by atoms with Crippen molar-refractivity contribution in [3.8, 4) is 0 Å². The van der Waals surface area contributed by atoms with Gasteiger partial charge in [0.15, 0.2) is 6.29 Å². The monoisotopic (exact) mass is 360 g/mol. The topological polar surface area (TPSA) is 88.4 Å². The summed E-state index contributed by atoms with van der Waals surface area (Å²) in [4.78, 5) is 0. The maximum absolute atomic E-state index is 10.3. The highest BCUT2D eigenvalue weighted by molar-refractivity contribution is 5.14. The highest BCUT2D eigenvalue weighted by Gasteiger charge is 2.46. The maximum Gasteiger partial charge on any atom is 0.184 e. The van der Waals surface area contributed by atoms with Crippen LogP contribution >= 0.6 is 0 Å². The van der Waals surface area contributed by atoms with Crippen LogP contribution in [0.3, 0.4) is 0 Å². The molecule has 3 rings (SSSR count). The third-order valence-electron chi connectivity index (χ3n) is 4.38. The predicted molar refractivity (Wildman–Crippen MR) is 94.0 cm³/mol. The molecule has 6 nitrogen and oxygen atoms in total. The van der Waals surface area contributed by atoms with Gasteiger partial charge in [-0.05, 0) is 11.1 Å². The van der Waals surface area contributed by atoms with Crippen LogP contribution in [-0.2, 0) is 27.4 Å². The Balaban J connectivity index is 1.71. The predicted octanol–water partition coefficient (Wildman–Crippen LogP) is 1.23. The van der Waals surface area contributed by atoms with E-state index in [9.17, 15) is 15.3 Å². The lowest BCUT2D eigenvalue weighted by Crippen LogP contribution is -2.60. The van der Waals surface area contributed by atoms with Crippen molar-refractivity contribution in [2.75, 3.05) is 6.61 Å². The number of rotatable bonds is 7. The maximum atomic E-state index is 10.3. The third-order valence-corrected chi connectivity index (χ3v) is 4.38. The number of hydrogen-bond donors (Lipinski definition) is 3. The zero-order valence-electron chi connectivity index (χ0n) is 14.3. The average Bonchev–Trinajstić information content (AvgIpc) is 2.69. The van der Waals surface area contributed by atoms with Crippen LogP contribution in [0.5, 0.6) is 0 Å². The summed E-state index contributed by atoms with van der Waals surface area (Å²) in [5, 5.41) is 29.9. The molecule has 0 radical (unpaired) electrons. The van der Waals surface area contributed by atoms with Crippen molar-refractivity contribution in [3.05, 3.63) is 71.8 Å². The van der Waals surface area contributed by atoms with Crippen molar-refractivity contribution in [3.63, 3.8) is 0 Å². The summed E-state index contributed by atoms with van der Waals surface area (Å²) >= 11 is 0. The molecule has 5 atom stereocenters. The van der Waals surface area contributed by atoms with E-state index in [2.05, 4.69) is 0 Å². The molecule has 1 aliphatic rings. The molecule has 3 N–H and O–H groups in total. The number of hydrogen-bond acceptors (Lipinski definition) is 6. The van der Waals surface area contributed by atoms with Gasteiger partial charge in [0.25, 0.3) is 0 Å². The van der Waals surface area contributed by atoms with Crippen molar-refractivity contribution < 1.29 is 29.5 Å². The Morgan fingerprint density at radius 2 is 1.27 bits per heavy atom. The number of aliphatic hydroxyl groups excluding tert-OH is 3. The van der Waals surface area contributed by atoms with Crippen LogP contribution in [0.1, 0.15) is 11.1 Å². The lowest BCUT2D eigenvalue weighted by molar-refractivity contribution is -0.305. The van der Waals surface area contributed by atoms with Gasteiger partial charge in [0.1, 0.15) is 24.4 Å². The van der Waals surface area contributed by atoms with E-state index in [1.54, 1.807) is 0 Å². The van der Waals surface area contributed by atoms with Crippen molar-refractivity contribution in [1.82, 2.24) is 0 Å². The molecule has 0 amide bonds. The van der Waals surface area contributed by atoms with Crippen LogP contribution in [0.15, 0.2) is 60.7 Å². The molecule has 0 aliphatic carbocycles. The molecule has 1 saturated heterocycles. The smallest absolute Gasteiger partial charge is 0.184 e. The van der Waals surface area contributed by atoms with Crippen LogP contribution in [0, 0.1) is 0 Å². The minimum atomic E-state index is -1.44. The van der Waals surface area contributed by atoms with Crippen molar-refractivity contribution in [2.45, 2.75) is 43.9 Å². The minimum Gasteiger partial charge on any atom is -0.394 e. The summed E-state index contributed by atoms with van der Waals surface area (Å²) in [7, 11) is 0. The van der Waals surface area contributed by atoms with Gasteiger partial charge in [-0.15, -0.1) is 0 Å². The van der Waals surface area contributed by atoms with E-state index in [-0.39, 0.29) is 19.8 Å². The molecular weight excluding hydrogens is 336 g/mol. The first kappa shape index (κ1) is 19.0. The molecule has 6 heteroatoms. The molecule has 2 aromatic rings. The lowest BCUT2D eigenvalue weighted by Gasteiger charge is -2.42. The first-order valence-corrected chi connectivity index (χ1v) is 8.62. The Bertz CT molecular complexity index is 606. The first-order valence-electron chi connectivity index (χ1n) is 8.62. The summed E-state index contributed by atoms with van der Waals surface area (Å²) in [6, 6.07) is 19.1. The van der Waals surface area contributed by atoms with Gasteiger partial charge in [-0.3, -0.25) is 0 Å². The first-order chi connectivity index (χ1) is 12.7. The fourth-order valence-corrected chi connectivity index (χ4v) is 2.98. The highest BCUT2D eigenvalue weighted by Crippen LogP contribution is 2.26. The van der Waals surface area contributed by atoms with Gasteiger partial charge in [0, 0.05) is 0 Å². The van der Waals surface area contributed by atoms with Crippen LogP contribution in [0.4, 0.5) is 0 Å². The van der Waals surface area contributed by atoms with Gasteiger partial charge < -0.3 is 29.5 Å². The molecular formula is C20H24O6. The normalized spacial score (nSPS) is 28.8. The van der Waals surface area contributed by atoms with Crippen LogP contribution in [0.2, 0.25) is 0 Å². The lowest BCUT2D eigenvalue weighted by atomic mass is 9.98. The fraction of sp³-hybridized carbons (Fsp3) is 0.400. The van der Waals surface area contributed by atoms with Gasteiger partial charge in [-0.1, -0.05) is 60.7 Å². The number of aliphatic hydroxyl groups is 3. The second kappa shape index (κ2) is 9.23. The minimum absolute atomic E-state index is 0.249. The summed E-state index contributed by atoms with van der Waals surface area (Å²) in [5.74, 6) is 0. The van der Waals surface area contributed by atoms with Crippen molar-refractivity contribution >= 4 is 0 Å². The van der Waals surface area contributed by atoms with Gasteiger partial charge in [-0.2, -0.15) is 0 Å². The van der Waals surface area contributed by atoms with Gasteiger partial charge in [0.2, 0.25) is 0 Å². The van der Waals surface area contributed by atoms with Crippen LogP contribution in [-0.4, -0.2) is 52.6 Å². The average molecular weight is 360 g/mol. The Morgan fingerprint density at radius 3 is 1.77 bits per heavy atom. The van der Waals surface area contributed by atoms with Crippen molar-refractivity contribution in [2.24, 2.45) is 0 Å². The van der Waals surface area contributed by atoms with Crippen LogP contribution < -0.4 is 0 Å². The largest absolute Gasteiger partial charge is 0.394 e. The second-order valence-corrected chi connectivity index (χ2v) is 6.26. The van der Waals surface area contributed by atoms with Crippen molar-refractivity contribution in [1.29, 1.82) is 0 Å². The SMILES string of the molecule is OC[C@H]1O[C@@H](O)[C@H](O)[C@@H](OCc2ccccc2)[C@@H]1OCc1ccccc1.